The van der Waals surface area contributed by atoms with Gasteiger partial charge in [-0.05, 0) is 90.3 Å². The van der Waals surface area contributed by atoms with Crippen molar-refractivity contribution in [2.75, 3.05) is 50.3 Å². The molecule has 0 atom stereocenters. The van der Waals surface area contributed by atoms with E-state index in [9.17, 15) is 38.1 Å². The third-order valence-corrected chi connectivity index (χ3v) is 8.87. The number of hydrogen-bond acceptors (Lipinski definition) is 10. The van der Waals surface area contributed by atoms with E-state index >= 15 is 0 Å². The second-order valence-electron chi connectivity index (χ2n) is 12.9. The maximum atomic E-state index is 13.8. The first-order chi connectivity index (χ1) is 28.4. The second-order valence-corrected chi connectivity index (χ2v) is 12.9. The number of benzene rings is 5. The van der Waals surface area contributed by atoms with E-state index in [1.807, 2.05) is 0 Å². The zero-order valence-electron chi connectivity index (χ0n) is 32.1. The standard InChI is InChI=1S/C22H17FN2O6.C21H23FN2O4/c1-30-21(26)16-7-5-15(6-8-16)14-24(19-4-2-3-17(23)13-19)22(27)31-20-11-9-18(10-12-20)25(28)29;1-27-20(25)17-8-6-16(7-9-17)15-24(19-5-2-4-18(22)14-19)21(26)23-10-3-12-28-13-11-23/h2-13H,14H2,1H3;2,4-9,14H,3,10-13,15H2,1H3. The zero-order chi connectivity index (χ0) is 42.3. The van der Waals surface area contributed by atoms with Crippen LogP contribution in [0.15, 0.2) is 121 Å². The Morgan fingerprint density at radius 3 is 1.69 bits per heavy atom. The Morgan fingerprint density at radius 2 is 1.20 bits per heavy atom. The molecule has 0 aromatic heterocycles. The van der Waals surface area contributed by atoms with Gasteiger partial charge in [0.05, 0.1) is 55.7 Å². The van der Waals surface area contributed by atoms with Crippen LogP contribution >= 0.6 is 0 Å². The lowest BCUT2D eigenvalue weighted by Crippen LogP contribution is -2.44. The van der Waals surface area contributed by atoms with Crippen molar-refractivity contribution in [3.63, 3.8) is 0 Å². The molecule has 0 aliphatic carbocycles. The lowest BCUT2D eigenvalue weighted by atomic mass is 10.1. The van der Waals surface area contributed by atoms with Gasteiger partial charge in [-0.15, -0.1) is 0 Å². The lowest BCUT2D eigenvalue weighted by Gasteiger charge is -2.30. The summed E-state index contributed by atoms with van der Waals surface area (Å²) in [6.45, 7) is 2.46. The smallest absolute Gasteiger partial charge is 0.420 e. The van der Waals surface area contributed by atoms with Crippen LogP contribution in [0.1, 0.15) is 38.3 Å². The van der Waals surface area contributed by atoms with Crippen LogP contribution in [0, 0.1) is 21.7 Å². The number of nitro benzene ring substituents is 1. The van der Waals surface area contributed by atoms with Crippen molar-refractivity contribution < 1.29 is 51.8 Å². The highest BCUT2D eigenvalue weighted by molar-refractivity contribution is 5.93. The number of nitro groups is 1. The van der Waals surface area contributed by atoms with Crippen molar-refractivity contribution in [1.29, 1.82) is 0 Å². The number of urea groups is 1. The van der Waals surface area contributed by atoms with E-state index < -0.39 is 34.6 Å². The highest BCUT2D eigenvalue weighted by Crippen LogP contribution is 2.24. The van der Waals surface area contributed by atoms with E-state index in [-0.39, 0.29) is 36.2 Å². The molecule has 306 valence electrons. The van der Waals surface area contributed by atoms with Gasteiger partial charge < -0.3 is 23.8 Å². The summed E-state index contributed by atoms with van der Waals surface area (Å²) in [5, 5.41) is 10.8. The van der Waals surface area contributed by atoms with Gasteiger partial charge in [0.2, 0.25) is 0 Å². The Hall–Kier alpha value is -7.20. The van der Waals surface area contributed by atoms with Gasteiger partial charge in [0.25, 0.3) is 5.69 Å². The molecule has 14 nitrogen and oxygen atoms in total. The largest absolute Gasteiger partial charge is 0.465 e. The van der Waals surface area contributed by atoms with Gasteiger partial charge in [-0.1, -0.05) is 36.4 Å². The maximum Gasteiger partial charge on any atom is 0.420 e. The lowest BCUT2D eigenvalue weighted by molar-refractivity contribution is -0.384. The number of halogens is 2. The summed E-state index contributed by atoms with van der Waals surface area (Å²) in [5.41, 5.74) is 2.83. The third kappa shape index (κ3) is 12.1. The summed E-state index contributed by atoms with van der Waals surface area (Å²) >= 11 is 0. The highest BCUT2D eigenvalue weighted by Gasteiger charge is 2.25. The van der Waals surface area contributed by atoms with Gasteiger partial charge >= 0.3 is 24.1 Å². The number of esters is 2. The topological polar surface area (TPSA) is 158 Å². The molecule has 0 unspecified atom stereocenters. The number of anilines is 2. The normalized spacial score (nSPS) is 12.2. The quantitative estimate of drug-likeness (QED) is 0.0765. The number of nitrogens with zero attached hydrogens (tertiary/aromatic N) is 4. The van der Waals surface area contributed by atoms with Crippen LogP contribution in [-0.4, -0.2) is 74.4 Å². The predicted molar refractivity (Wildman–Crippen MR) is 212 cm³/mol. The molecule has 16 heteroatoms. The number of rotatable bonds is 10. The average molecular weight is 811 g/mol. The molecule has 0 N–H and O–H groups in total. The van der Waals surface area contributed by atoms with Crippen LogP contribution in [0.3, 0.4) is 0 Å². The van der Waals surface area contributed by atoms with Crippen molar-refractivity contribution in [2.24, 2.45) is 0 Å². The van der Waals surface area contributed by atoms with Gasteiger partial charge in [0, 0.05) is 37.5 Å². The summed E-state index contributed by atoms with van der Waals surface area (Å²) in [7, 11) is 2.60. The molecule has 0 radical (unpaired) electrons. The number of amides is 3. The van der Waals surface area contributed by atoms with Crippen molar-refractivity contribution in [3.05, 3.63) is 165 Å². The van der Waals surface area contributed by atoms with Crippen LogP contribution < -0.4 is 14.5 Å². The monoisotopic (exact) mass is 810 g/mol. The second kappa shape index (κ2) is 20.8. The summed E-state index contributed by atoms with van der Waals surface area (Å²) in [5.74, 6) is -1.76. The fourth-order valence-electron chi connectivity index (χ4n) is 5.81. The average Bonchev–Trinajstić information content (AvgIpc) is 3.55. The van der Waals surface area contributed by atoms with Crippen molar-refractivity contribution in [3.8, 4) is 5.75 Å². The number of carbonyl (C=O) groups excluding carboxylic acids is 4. The maximum absolute atomic E-state index is 13.8. The minimum atomic E-state index is -0.809. The van der Waals surface area contributed by atoms with E-state index in [0.29, 0.717) is 48.7 Å². The highest BCUT2D eigenvalue weighted by atomic mass is 19.1. The van der Waals surface area contributed by atoms with Crippen LogP contribution in [0.25, 0.3) is 0 Å². The first-order valence-corrected chi connectivity index (χ1v) is 18.2. The molecule has 0 bridgehead atoms. The van der Waals surface area contributed by atoms with Crippen LogP contribution in [0.4, 0.5) is 35.4 Å². The molecule has 59 heavy (non-hydrogen) atoms. The summed E-state index contributed by atoms with van der Waals surface area (Å²) < 4.78 is 47.7. The van der Waals surface area contributed by atoms with E-state index in [0.717, 1.165) is 12.0 Å². The molecule has 1 aliphatic heterocycles. The van der Waals surface area contributed by atoms with E-state index in [2.05, 4.69) is 4.74 Å². The predicted octanol–water partition coefficient (Wildman–Crippen LogP) is 8.19. The molecule has 1 heterocycles. The van der Waals surface area contributed by atoms with Gasteiger partial charge in [0.15, 0.2) is 0 Å². The molecule has 3 amide bonds. The zero-order valence-corrected chi connectivity index (χ0v) is 32.1. The number of carbonyl (C=O) groups is 4. The Morgan fingerprint density at radius 1 is 0.695 bits per heavy atom. The molecule has 6 rings (SSSR count). The van der Waals surface area contributed by atoms with Crippen LogP contribution in [0.2, 0.25) is 0 Å². The van der Waals surface area contributed by atoms with Crippen molar-refractivity contribution in [2.45, 2.75) is 19.5 Å². The number of non-ortho nitro benzene ring substituents is 1. The third-order valence-electron chi connectivity index (χ3n) is 8.87. The molecule has 1 aliphatic rings. The molecule has 1 fully saturated rings. The number of ether oxygens (including phenoxy) is 4. The van der Waals surface area contributed by atoms with Gasteiger partial charge in [-0.2, -0.15) is 0 Å². The first-order valence-electron chi connectivity index (χ1n) is 18.2. The molecule has 0 saturated carbocycles. The molecule has 0 spiro atoms. The van der Waals surface area contributed by atoms with Gasteiger partial charge in [-0.25, -0.2) is 28.0 Å². The Kier molecular flexibility index (Phi) is 15.1. The molecule has 1 saturated heterocycles. The molecule has 5 aromatic carbocycles. The van der Waals surface area contributed by atoms with Crippen molar-refractivity contribution >= 4 is 41.1 Å². The van der Waals surface area contributed by atoms with Crippen LogP contribution in [-0.2, 0) is 27.3 Å². The van der Waals surface area contributed by atoms with Gasteiger partial charge in [-0.3, -0.25) is 19.9 Å². The minimum absolute atomic E-state index is 0.0245. The van der Waals surface area contributed by atoms with Crippen molar-refractivity contribution in [1.82, 2.24) is 4.90 Å². The molecular weight excluding hydrogens is 770 g/mol. The van der Waals surface area contributed by atoms with E-state index in [4.69, 9.17) is 14.2 Å². The van der Waals surface area contributed by atoms with Gasteiger partial charge in [0.1, 0.15) is 17.4 Å². The Bertz CT molecular complexity index is 2230. The fourth-order valence-corrected chi connectivity index (χ4v) is 5.81. The van der Waals surface area contributed by atoms with E-state index in [1.54, 1.807) is 76.5 Å². The Labute approximate surface area is 338 Å². The number of methoxy groups -OCH3 is 2. The fraction of sp³-hybridized carbons (Fsp3) is 0.209. The summed E-state index contributed by atoms with van der Waals surface area (Å²) in [4.78, 5) is 63.9. The SMILES string of the molecule is COC(=O)c1ccc(CN(C(=O)N2CCCOCC2)c2cccc(F)c2)cc1.COC(=O)c1ccc(CN(C(=O)Oc2ccc([N+](=O)[O-])cc2)c2cccc(F)c2)cc1. The molecule has 5 aromatic rings. The summed E-state index contributed by atoms with van der Waals surface area (Å²) in [6, 6.07) is 29.4. The minimum Gasteiger partial charge on any atom is -0.465 e. The Balaban J connectivity index is 0.000000225. The van der Waals surface area contributed by atoms with E-state index in [1.165, 1.54) is 73.7 Å². The summed E-state index contributed by atoms with van der Waals surface area (Å²) in [6.07, 6.45) is -0.0483. The first kappa shape index (κ1) is 42.9. The number of hydrogen-bond donors (Lipinski definition) is 0. The van der Waals surface area contributed by atoms with Crippen LogP contribution in [0.5, 0.6) is 5.75 Å². The molecular formula is C43H40F2N4O10.